The van der Waals surface area contributed by atoms with Gasteiger partial charge in [-0.15, -0.1) is 0 Å². The van der Waals surface area contributed by atoms with Crippen molar-refractivity contribution in [1.29, 1.82) is 0 Å². The Hall–Kier alpha value is -1.51. The zero-order valence-corrected chi connectivity index (χ0v) is 11.3. The molecule has 3 rings (SSSR count). The highest BCUT2D eigenvalue weighted by atomic mass is 16.5. The molecule has 3 atom stereocenters. The van der Waals surface area contributed by atoms with Crippen LogP contribution in [0.25, 0.3) is 0 Å². The van der Waals surface area contributed by atoms with Gasteiger partial charge in [-0.1, -0.05) is 18.6 Å². The maximum absolute atomic E-state index is 11.8. The molecule has 3 nitrogen and oxygen atoms in total. The predicted octanol–water partition coefficient (Wildman–Crippen LogP) is 3.13. The van der Waals surface area contributed by atoms with Gasteiger partial charge in [0.05, 0.1) is 12.5 Å². The van der Waals surface area contributed by atoms with E-state index in [2.05, 4.69) is 0 Å². The van der Waals surface area contributed by atoms with Crippen molar-refractivity contribution in [1.82, 2.24) is 0 Å². The zero-order chi connectivity index (χ0) is 13.5. The Morgan fingerprint density at radius 1 is 1.37 bits per heavy atom. The van der Waals surface area contributed by atoms with Gasteiger partial charge < -0.3 is 9.84 Å². The smallest absolute Gasteiger partial charge is 0.310 e. The average Bonchev–Trinajstić information content (AvgIpc) is 3.00. The van der Waals surface area contributed by atoms with E-state index < -0.39 is 11.4 Å². The number of benzene rings is 1. The minimum absolute atomic E-state index is 0.372. The van der Waals surface area contributed by atoms with E-state index in [-0.39, 0.29) is 0 Å². The van der Waals surface area contributed by atoms with Crippen molar-refractivity contribution >= 4 is 5.97 Å². The predicted molar refractivity (Wildman–Crippen MR) is 72.2 cm³/mol. The van der Waals surface area contributed by atoms with E-state index in [0.29, 0.717) is 18.3 Å². The van der Waals surface area contributed by atoms with Gasteiger partial charge in [0.15, 0.2) is 0 Å². The topological polar surface area (TPSA) is 46.5 Å². The van der Waals surface area contributed by atoms with E-state index in [0.717, 1.165) is 30.6 Å². The fourth-order valence-corrected chi connectivity index (χ4v) is 4.11. The number of hydrogen-bond acceptors (Lipinski definition) is 2. The van der Waals surface area contributed by atoms with Crippen LogP contribution in [0.2, 0.25) is 0 Å². The van der Waals surface area contributed by atoms with Crippen LogP contribution in [-0.2, 0) is 11.2 Å². The second kappa shape index (κ2) is 4.55. The summed E-state index contributed by atoms with van der Waals surface area (Å²) in [6, 6.07) is 7.82. The molecule has 3 unspecified atom stereocenters. The van der Waals surface area contributed by atoms with Crippen LogP contribution in [-0.4, -0.2) is 18.2 Å². The minimum Gasteiger partial charge on any atom is -0.497 e. The summed E-state index contributed by atoms with van der Waals surface area (Å²) >= 11 is 0. The molecule has 1 aromatic carbocycles. The fourth-order valence-electron chi connectivity index (χ4n) is 4.11. The molecule has 2 fully saturated rings. The van der Waals surface area contributed by atoms with Gasteiger partial charge in [-0.05, 0) is 55.2 Å². The Morgan fingerprint density at radius 3 is 2.58 bits per heavy atom. The number of ether oxygens (including phenoxy) is 1. The number of hydrogen-bond donors (Lipinski definition) is 1. The molecule has 1 N–H and O–H groups in total. The average molecular weight is 260 g/mol. The van der Waals surface area contributed by atoms with Crippen molar-refractivity contribution in [2.45, 2.75) is 32.1 Å². The lowest BCUT2D eigenvalue weighted by molar-refractivity contribution is -0.152. The lowest BCUT2D eigenvalue weighted by Gasteiger charge is -2.33. The Balaban J connectivity index is 1.84. The molecule has 102 valence electrons. The Morgan fingerprint density at radius 2 is 2.11 bits per heavy atom. The van der Waals surface area contributed by atoms with Crippen molar-refractivity contribution in [3.05, 3.63) is 29.8 Å². The van der Waals surface area contributed by atoms with Crippen LogP contribution in [0.15, 0.2) is 24.3 Å². The first-order chi connectivity index (χ1) is 9.14. The number of carboxylic acid groups (broad SMARTS) is 1. The zero-order valence-electron chi connectivity index (χ0n) is 11.3. The Bertz CT molecular complexity index is 479. The van der Waals surface area contributed by atoms with Crippen LogP contribution in [0.1, 0.15) is 31.2 Å². The summed E-state index contributed by atoms with van der Waals surface area (Å²) in [7, 11) is 1.64. The van der Waals surface area contributed by atoms with Gasteiger partial charge in [-0.25, -0.2) is 0 Å². The summed E-state index contributed by atoms with van der Waals surface area (Å²) in [5, 5.41) is 9.72. The molecular formula is C16H20O3. The summed E-state index contributed by atoms with van der Waals surface area (Å²) < 4.78 is 5.14. The Kier molecular flexibility index (Phi) is 3.00. The highest BCUT2D eigenvalue weighted by Crippen LogP contribution is 2.57. The number of rotatable bonds is 4. The molecule has 0 heterocycles. The molecule has 0 aromatic heterocycles. The van der Waals surface area contributed by atoms with E-state index in [1.165, 1.54) is 6.42 Å². The first-order valence-corrected chi connectivity index (χ1v) is 7.00. The molecule has 2 aliphatic rings. The van der Waals surface area contributed by atoms with Gasteiger partial charge in [-0.3, -0.25) is 4.79 Å². The van der Waals surface area contributed by atoms with Crippen LogP contribution in [0.4, 0.5) is 0 Å². The molecule has 3 heteroatoms. The van der Waals surface area contributed by atoms with E-state index in [1.54, 1.807) is 7.11 Å². The number of carbonyl (C=O) groups is 1. The van der Waals surface area contributed by atoms with E-state index >= 15 is 0 Å². The highest BCUT2D eigenvalue weighted by Gasteiger charge is 2.55. The molecule has 19 heavy (non-hydrogen) atoms. The second-order valence-corrected chi connectivity index (χ2v) is 6.07. The van der Waals surface area contributed by atoms with Gasteiger partial charge in [0.2, 0.25) is 0 Å². The monoisotopic (exact) mass is 260 g/mol. The molecule has 0 spiro atoms. The van der Waals surface area contributed by atoms with E-state index in [4.69, 9.17) is 4.74 Å². The van der Waals surface area contributed by atoms with Gasteiger partial charge in [-0.2, -0.15) is 0 Å². The molecule has 2 aliphatic carbocycles. The summed E-state index contributed by atoms with van der Waals surface area (Å²) in [5.74, 6) is 1.23. The van der Waals surface area contributed by atoms with Crippen LogP contribution >= 0.6 is 0 Å². The summed E-state index contributed by atoms with van der Waals surface area (Å²) in [4.78, 5) is 11.8. The van der Waals surface area contributed by atoms with Crippen LogP contribution < -0.4 is 4.74 Å². The third-order valence-electron chi connectivity index (χ3n) is 5.08. The fraction of sp³-hybridized carbons (Fsp3) is 0.562. The lowest BCUT2D eigenvalue weighted by atomic mass is 9.69. The lowest BCUT2D eigenvalue weighted by Crippen LogP contribution is -2.38. The highest BCUT2D eigenvalue weighted by molar-refractivity contribution is 5.76. The van der Waals surface area contributed by atoms with Crippen molar-refractivity contribution < 1.29 is 14.6 Å². The summed E-state index contributed by atoms with van der Waals surface area (Å²) in [5.41, 5.74) is 0.591. The van der Waals surface area contributed by atoms with E-state index in [1.807, 2.05) is 24.3 Å². The molecule has 0 amide bonds. The number of fused-ring (bicyclic) bond motifs is 2. The van der Waals surface area contributed by atoms with Gasteiger partial charge in [0, 0.05) is 0 Å². The molecular weight excluding hydrogens is 240 g/mol. The van der Waals surface area contributed by atoms with Crippen molar-refractivity contribution in [3.63, 3.8) is 0 Å². The molecule has 2 saturated carbocycles. The van der Waals surface area contributed by atoms with Crippen molar-refractivity contribution in [2.24, 2.45) is 17.3 Å². The van der Waals surface area contributed by atoms with E-state index in [9.17, 15) is 9.90 Å². The van der Waals surface area contributed by atoms with Crippen LogP contribution in [0.3, 0.4) is 0 Å². The molecule has 0 radical (unpaired) electrons. The number of methoxy groups -OCH3 is 1. The number of carboxylic acids is 1. The van der Waals surface area contributed by atoms with Crippen molar-refractivity contribution in [3.8, 4) is 5.75 Å². The van der Waals surface area contributed by atoms with Gasteiger partial charge >= 0.3 is 5.97 Å². The van der Waals surface area contributed by atoms with Crippen LogP contribution in [0, 0.1) is 17.3 Å². The first-order valence-electron chi connectivity index (χ1n) is 7.00. The van der Waals surface area contributed by atoms with Crippen LogP contribution in [0.5, 0.6) is 5.75 Å². The third-order valence-corrected chi connectivity index (χ3v) is 5.08. The van der Waals surface area contributed by atoms with Crippen molar-refractivity contribution in [2.75, 3.05) is 7.11 Å². The molecule has 0 aliphatic heterocycles. The summed E-state index contributed by atoms with van der Waals surface area (Å²) in [6.45, 7) is 0. The standard InChI is InChI=1S/C16H20O3/c1-19-14-6-3-11(4-7-14)9-16(15(17)18)10-12-2-5-13(16)8-12/h3-4,6-7,12-13H,2,5,8-10H2,1H3,(H,17,18). The molecule has 2 bridgehead atoms. The first kappa shape index (κ1) is 12.5. The third kappa shape index (κ3) is 2.01. The van der Waals surface area contributed by atoms with Gasteiger partial charge in [0.25, 0.3) is 0 Å². The maximum Gasteiger partial charge on any atom is 0.310 e. The summed E-state index contributed by atoms with van der Waals surface area (Å²) in [6.07, 6.45) is 4.95. The minimum atomic E-state index is -0.601. The molecule has 0 saturated heterocycles. The SMILES string of the molecule is COc1ccc(CC2(C(=O)O)CC3CCC2C3)cc1. The maximum atomic E-state index is 11.8. The molecule has 1 aromatic rings. The largest absolute Gasteiger partial charge is 0.497 e. The number of aliphatic carboxylic acids is 1. The van der Waals surface area contributed by atoms with Gasteiger partial charge in [0.1, 0.15) is 5.75 Å². The normalized spacial score (nSPS) is 32.5. The quantitative estimate of drug-likeness (QED) is 0.904. The Labute approximate surface area is 113 Å². The second-order valence-electron chi connectivity index (χ2n) is 6.07.